The van der Waals surface area contributed by atoms with Crippen molar-refractivity contribution in [3.63, 3.8) is 0 Å². The van der Waals surface area contributed by atoms with Crippen LogP contribution in [0.15, 0.2) is 18.2 Å². The van der Waals surface area contributed by atoms with Crippen molar-refractivity contribution in [2.45, 2.75) is 19.8 Å². The minimum Gasteiger partial charge on any atom is -0.399 e. The van der Waals surface area contributed by atoms with Crippen molar-refractivity contribution >= 4 is 28.9 Å². The molecule has 0 unspecified atom stereocenters. The average Bonchev–Trinajstić information content (AvgIpc) is 2.33. The summed E-state index contributed by atoms with van der Waals surface area (Å²) in [5.41, 5.74) is 6.82. The molecule has 1 aliphatic rings. The topological polar surface area (TPSA) is 58.4 Å². The maximum atomic E-state index is 12.0. The number of carbonyl (C=O) groups is 1. The summed E-state index contributed by atoms with van der Waals surface area (Å²) in [6.45, 7) is 4.63. The number of nitrogen functional groups attached to an aromatic ring is 1. The Balaban J connectivity index is 1.90. The third kappa shape index (κ3) is 4.11. The Kier molecular flexibility index (Phi) is 4.66. The van der Waals surface area contributed by atoms with Crippen molar-refractivity contribution in [2.75, 3.05) is 30.7 Å². The van der Waals surface area contributed by atoms with E-state index in [9.17, 15) is 4.79 Å². The molecule has 0 aliphatic carbocycles. The van der Waals surface area contributed by atoms with E-state index in [4.69, 9.17) is 17.3 Å². The van der Waals surface area contributed by atoms with Crippen molar-refractivity contribution in [3.05, 3.63) is 23.2 Å². The number of hydrogen-bond acceptors (Lipinski definition) is 3. The molecule has 0 bridgehead atoms. The molecule has 0 radical (unpaired) electrons. The van der Waals surface area contributed by atoms with Gasteiger partial charge in [-0.05, 0) is 43.5 Å². The van der Waals surface area contributed by atoms with Gasteiger partial charge in [-0.1, -0.05) is 18.5 Å². The molecule has 0 aromatic heterocycles. The van der Waals surface area contributed by atoms with E-state index in [-0.39, 0.29) is 5.91 Å². The lowest BCUT2D eigenvalue weighted by Gasteiger charge is -2.30. The molecule has 0 spiro atoms. The van der Waals surface area contributed by atoms with Gasteiger partial charge < -0.3 is 11.1 Å². The van der Waals surface area contributed by atoms with Crippen LogP contribution in [0.25, 0.3) is 0 Å². The highest BCUT2D eigenvalue weighted by molar-refractivity contribution is 6.34. The number of amides is 1. The van der Waals surface area contributed by atoms with Crippen LogP contribution in [0, 0.1) is 5.92 Å². The van der Waals surface area contributed by atoms with Crippen LogP contribution in [0.2, 0.25) is 5.02 Å². The molecule has 1 heterocycles. The molecule has 1 aromatic rings. The number of rotatable bonds is 3. The van der Waals surface area contributed by atoms with Gasteiger partial charge in [-0.3, -0.25) is 9.69 Å². The number of likely N-dealkylation sites (tertiary alicyclic amines) is 1. The fraction of sp³-hybridized carbons (Fsp3) is 0.500. The third-order valence-electron chi connectivity index (χ3n) is 3.38. The van der Waals surface area contributed by atoms with E-state index in [1.54, 1.807) is 18.2 Å². The SMILES string of the molecule is C[C@@H]1CCCN(CC(=O)Nc2ccc(N)cc2Cl)C1. The molecular formula is C14H20ClN3O. The maximum absolute atomic E-state index is 12.0. The molecule has 3 N–H and O–H groups in total. The number of piperidine rings is 1. The number of hydrogen-bond donors (Lipinski definition) is 2. The second kappa shape index (κ2) is 6.26. The Morgan fingerprint density at radius 2 is 2.37 bits per heavy atom. The second-order valence-electron chi connectivity index (χ2n) is 5.27. The van der Waals surface area contributed by atoms with Gasteiger partial charge in [0.2, 0.25) is 5.91 Å². The fourth-order valence-corrected chi connectivity index (χ4v) is 2.69. The first kappa shape index (κ1) is 14.2. The average molecular weight is 282 g/mol. The van der Waals surface area contributed by atoms with E-state index in [1.165, 1.54) is 6.42 Å². The quantitative estimate of drug-likeness (QED) is 0.837. The van der Waals surface area contributed by atoms with Gasteiger partial charge in [-0.2, -0.15) is 0 Å². The molecule has 1 saturated heterocycles. The van der Waals surface area contributed by atoms with E-state index in [1.807, 2.05) is 0 Å². The van der Waals surface area contributed by atoms with Crippen LogP contribution in [0.1, 0.15) is 19.8 Å². The number of benzene rings is 1. The maximum Gasteiger partial charge on any atom is 0.238 e. The van der Waals surface area contributed by atoms with E-state index in [0.717, 1.165) is 19.5 Å². The van der Waals surface area contributed by atoms with Crippen LogP contribution in [0.4, 0.5) is 11.4 Å². The van der Waals surface area contributed by atoms with E-state index in [2.05, 4.69) is 17.1 Å². The van der Waals surface area contributed by atoms with Gasteiger partial charge in [0.1, 0.15) is 0 Å². The number of nitrogens with zero attached hydrogens (tertiary/aromatic N) is 1. The highest BCUT2D eigenvalue weighted by atomic mass is 35.5. The molecule has 1 atom stereocenters. The van der Waals surface area contributed by atoms with Gasteiger partial charge in [-0.15, -0.1) is 0 Å². The van der Waals surface area contributed by atoms with Crippen LogP contribution in [-0.4, -0.2) is 30.4 Å². The molecule has 5 heteroatoms. The van der Waals surface area contributed by atoms with E-state index < -0.39 is 0 Å². The van der Waals surface area contributed by atoms with Crippen molar-refractivity contribution in [1.82, 2.24) is 4.90 Å². The lowest BCUT2D eigenvalue weighted by Crippen LogP contribution is -2.39. The van der Waals surface area contributed by atoms with Gasteiger partial charge in [0.15, 0.2) is 0 Å². The van der Waals surface area contributed by atoms with Gasteiger partial charge in [0, 0.05) is 12.2 Å². The predicted octanol–water partition coefficient (Wildman–Crippen LogP) is 2.59. The molecule has 2 rings (SSSR count). The first-order valence-corrected chi connectivity index (χ1v) is 6.99. The Morgan fingerprint density at radius 3 is 3.05 bits per heavy atom. The normalized spacial score (nSPS) is 20.2. The molecule has 0 saturated carbocycles. The Labute approximate surface area is 118 Å². The van der Waals surface area contributed by atoms with Gasteiger partial charge in [0.25, 0.3) is 0 Å². The number of anilines is 2. The predicted molar refractivity (Wildman–Crippen MR) is 79.3 cm³/mol. The summed E-state index contributed by atoms with van der Waals surface area (Å²) in [6, 6.07) is 5.10. The molecule has 4 nitrogen and oxygen atoms in total. The Hall–Kier alpha value is -1.26. The largest absolute Gasteiger partial charge is 0.399 e. The van der Waals surface area contributed by atoms with Crippen molar-refractivity contribution in [2.24, 2.45) is 5.92 Å². The van der Waals surface area contributed by atoms with E-state index in [0.29, 0.717) is 28.9 Å². The summed E-state index contributed by atoms with van der Waals surface area (Å²) in [7, 11) is 0. The Morgan fingerprint density at radius 1 is 1.58 bits per heavy atom. The first-order valence-electron chi connectivity index (χ1n) is 6.62. The summed E-state index contributed by atoms with van der Waals surface area (Å²) < 4.78 is 0. The van der Waals surface area contributed by atoms with Crippen LogP contribution >= 0.6 is 11.6 Å². The fourth-order valence-electron chi connectivity index (χ4n) is 2.46. The Bertz CT molecular complexity index is 464. The third-order valence-corrected chi connectivity index (χ3v) is 3.69. The number of nitrogens with one attached hydrogen (secondary N) is 1. The lowest BCUT2D eigenvalue weighted by molar-refractivity contribution is -0.117. The molecule has 1 aromatic carbocycles. The van der Waals surface area contributed by atoms with Crippen LogP contribution in [0.5, 0.6) is 0 Å². The monoisotopic (exact) mass is 281 g/mol. The van der Waals surface area contributed by atoms with Gasteiger partial charge in [0.05, 0.1) is 17.3 Å². The number of carbonyl (C=O) groups excluding carboxylic acids is 1. The summed E-state index contributed by atoms with van der Waals surface area (Å²) in [4.78, 5) is 14.2. The highest BCUT2D eigenvalue weighted by Gasteiger charge is 2.18. The van der Waals surface area contributed by atoms with Gasteiger partial charge in [-0.25, -0.2) is 0 Å². The minimum atomic E-state index is -0.0271. The number of halogens is 1. The highest BCUT2D eigenvalue weighted by Crippen LogP contribution is 2.24. The van der Waals surface area contributed by atoms with Crippen molar-refractivity contribution in [1.29, 1.82) is 0 Å². The molecule has 1 aliphatic heterocycles. The number of nitrogens with two attached hydrogens (primary N) is 1. The van der Waals surface area contributed by atoms with Crippen molar-refractivity contribution in [3.8, 4) is 0 Å². The molecule has 19 heavy (non-hydrogen) atoms. The van der Waals surface area contributed by atoms with Gasteiger partial charge >= 0.3 is 0 Å². The van der Waals surface area contributed by atoms with Crippen LogP contribution in [0.3, 0.4) is 0 Å². The zero-order valence-electron chi connectivity index (χ0n) is 11.2. The molecule has 1 amide bonds. The lowest BCUT2D eigenvalue weighted by atomic mass is 10.0. The standard InChI is InChI=1S/C14H20ClN3O/c1-10-3-2-6-18(8-10)9-14(19)17-13-5-4-11(16)7-12(13)15/h4-5,7,10H,2-3,6,8-9,16H2,1H3,(H,17,19)/t10-/m1/s1. The zero-order valence-corrected chi connectivity index (χ0v) is 11.9. The van der Waals surface area contributed by atoms with Crippen molar-refractivity contribution < 1.29 is 4.79 Å². The summed E-state index contributed by atoms with van der Waals surface area (Å²) in [6.07, 6.45) is 2.42. The molecular weight excluding hydrogens is 262 g/mol. The summed E-state index contributed by atoms with van der Waals surface area (Å²) in [5.74, 6) is 0.641. The molecule has 104 valence electrons. The second-order valence-corrected chi connectivity index (χ2v) is 5.68. The van der Waals surface area contributed by atoms with Crippen LogP contribution < -0.4 is 11.1 Å². The summed E-state index contributed by atoms with van der Waals surface area (Å²) in [5, 5.41) is 3.30. The summed E-state index contributed by atoms with van der Waals surface area (Å²) >= 11 is 6.03. The van der Waals surface area contributed by atoms with Crippen LogP contribution in [-0.2, 0) is 4.79 Å². The minimum absolute atomic E-state index is 0.0271. The zero-order chi connectivity index (χ0) is 13.8. The smallest absolute Gasteiger partial charge is 0.238 e. The molecule has 1 fully saturated rings. The van der Waals surface area contributed by atoms with E-state index >= 15 is 0 Å². The first-order chi connectivity index (χ1) is 9.04.